The van der Waals surface area contributed by atoms with Crippen LogP contribution in [0.3, 0.4) is 0 Å². The molecule has 0 saturated heterocycles. The summed E-state index contributed by atoms with van der Waals surface area (Å²) in [6, 6.07) is 0. The van der Waals surface area contributed by atoms with Crippen LogP contribution in [0.4, 0.5) is 5.00 Å². The summed E-state index contributed by atoms with van der Waals surface area (Å²) in [5.74, 6) is 0. The molecule has 0 aliphatic rings. The number of hydrogen-bond acceptors (Lipinski definition) is 4. The van der Waals surface area contributed by atoms with Crippen molar-refractivity contribution >= 4 is 26.4 Å². The number of thiazole rings is 1. The van der Waals surface area contributed by atoms with Gasteiger partial charge in [0.15, 0.2) is 0 Å². The SMILES string of the molecule is CCc1ncsc1NS(C)(=O)=O. The van der Waals surface area contributed by atoms with Crippen LogP contribution < -0.4 is 4.72 Å². The first-order valence-corrected chi connectivity index (χ1v) is 6.20. The molecule has 0 fully saturated rings. The van der Waals surface area contributed by atoms with Gasteiger partial charge in [-0.3, -0.25) is 4.72 Å². The van der Waals surface area contributed by atoms with E-state index in [1.54, 1.807) is 5.51 Å². The first-order valence-electron chi connectivity index (χ1n) is 3.43. The second-order valence-electron chi connectivity index (χ2n) is 2.36. The minimum atomic E-state index is -3.16. The van der Waals surface area contributed by atoms with Gasteiger partial charge in [-0.25, -0.2) is 13.4 Å². The first-order chi connectivity index (χ1) is 5.53. The Morgan fingerprint density at radius 1 is 1.67 bits per heavy atom. The van der Waals surface area contributed by atoms with E-state index in [0.29, 0.717) is 5.00 Å². The summed E-state index contributed by atoms with van der Waals surface area (Å²) >= 11 is 1.30. The number of nitrogens with one attached hydrogen (secondary N) is 1. The third kappa shape index (κ3) is 2.46. The normalized spacial score (nSPS) is 11.5. The van der Waals surface area contributed by atoms with Crippen LogP contribution >= 0.6 is 11.3 Å². The van der Waals surface area contributed by atoms with Crippen LogP contribution in [-0.2, 0) is 16.4 Å². The van der Waals surface area contributed by atoms with Crippen LogP contribution in [0.5, 0.6) is 0 Å². The van der Waals surface area contributed by atoms with Gasteiger partial charge >= 0.3 is 0 Å². The Balaban J connectivity index is 2.89. The summed E-state index contributed by atoms with van der Waals surface area (Å²) < 4.78 is 24.1. The number of aromatic nitrogens is 1. The van der Waals surface area contributed by atoms with E-state index in [2.05, 4.69) is 9.71 Å². The monoisotopic (exact) mass is 206 g/mol. The molecule has 0 unspecified atom stereocenters. The molecule has 0 saturated carbocycles. The zero-order valence-corrected chi connectivity index (χ0v) is 8.50. The fourth-order valence-corrected chi connectivity index (χ4v) is 2.49. The van der Waals surface area contributed by atoms with E-state index in [1.165, 1.54) is 11.3 Å². The Morgan fingerprint density at radius 3 is 2.83 bits per heavy atom. The second kappa shape index (κ2) is 3.40. The first kappa shape index (κ1) is 9.47. The molecule has 0 aliphatic carbocycles. The van der Waals surface area contributed by atoms with Gasteiger partial charge in [-0.15, -0.1) is 11.3 Å². The second-order valence-corrected chi connectivity index (χ2v) is 4.96. The maximum Gasteiger partial charge on any atom is 0.230 e. The standard InChI is InChI=1S/C6H10N2O2S2/c1-3-5-6(11-4-7-5)8-12(2,9)10/h4,8H,3H2,1-2H3. The molecule has 1 aromatic heterocycles. The van der Waals surface area contributed by atoms with Gasteiger partial charge in [0.2, 0.25) is 10.0 Å². The van der Waals surface area contributed by atoms with Gasteiger partial charge in [-0.05, 0) is 6.42 Å². The number of rotatable bonds is 3. The molecule has 1 N–H and O–H groups in total. The van der Waals surface area contributed by atoms with Crippen molar-refractivity contribution in [1.29, 1.82) is 0 Å². The van der Waals surface area contributed by atoms with Crippen molar-refractivity contribution in [3.63, 3.8) is 0 Å². The molecule has 1 heterocycles. The minimum absolute atomic E-state index is 0.625. The van der Waals surface area contributed by atoms with Crippen molar-refractivity contribution in [2.75, 3.05) is 11.0 Å². The average molecular weight is 206 g/mol. The minimum Gasteiger partial charge on any atom is -0.273 e. The Bertz CT molecular complexity index is 355. The van der Waals surface area contributed by atoms with Crippen molar-refractivity contribution in [2.24, 2.45) is 0 Å². The number of sulfonamides is 1. The van der Waals surface area contributed by atoms with Gasteiger partial charge in [-0.1, -0.05) is 6.92 Å². The molecule has 1 aromatic rings. The Hall–Kier alpha value is -0.620. The van der Waals surface area contributed by atoms with Gasteiger partial charge < -0.3 is 0 Å². The van der Waals surface area contributed by atoms with E-state index in [0.717, 1.165) is 18.4 Å². The zero-order valence-electron chi connectivity index (χ0n) is 6.86. The summed E-state index contributed by atoms with van der Waals surface area (Å²) in [5, 5.41) is 0.625. The largest absolute Gasteiger partial charge is 0.273 e. The van der Waals surface area contributed by atoms with E-state index in [-0.39, 0.29) is 0 Å². The summed E-state index contributed by atoms with van der Waals surface area (Å²) in [6.45, 7) is 1.93. The van der Waals surface area contributed by atoms with Crippen LogP contribution in [0.1, 0.15) is 12.6 Å². The molecule has 0 bridgehead atoms. The number of anilines is 1. The van der Waals surface area contributed by atoms with Crippen LogP contribution in [-0.4, -0.2) is 19.7 Å². The van der Waals surface area contributed by atoms with Gasteiger partial charge in [0.05, 0.1) is 17.5 Å². The summed E-state index contributed by atoms with van der Waals surface area (Å²) in [6.07, 6.45) is 1.87. The summed E-state index contributed by atoms with van der Waals surface area (Å²) in [7, 11) is -3.16. The van der Waals surface area contributed by atoms with Crippen LogP contribution in [0, 0.1) is 0 Å². The molecule has 0 amide bonds. The van der Waals surface area contributed by atoms with E-state index in [1.807, 2.05) is 6.92 Å². The molecule has 0 radical (unpaired) electrons. The Labute approximate surface area is 75.7 Å². The molecule has 0 spiro atoms. The van der Waals surface area contributed by atoms with Crippen molar-refractivity contribution in [3.05, 3.63) is 11.2 Å². The lowest BCUT2D eigenvalue weighted by Crippen LogP contribution is -2.09. The predicted octanol–water partition coefficient (Wildman–Crippen LogP) is 1.08. The number of nitrogens with zero attached hydrogens (tertiary/aromatic N) is 1. The summed E-state index contributed by atoms with van der Waals surface area (Å²) in [4.78, 5) is 4.01. The van der Waals surface area contributed by atoms with E-state index in [4.69, 9.17) is 0 Å². The third-order valence-corrected chi connectivity index (χ3v) is 2.74. The maximum atomic E-state index is 10.8. The lowest BCUT2D eigenvalue weighted by atomic mass is 10.4. The highest BCUT2D eigenvalue weighted by molar-refractivity contribution is 7.92. The highest BCUT2D eigenvalue weighted by atomic mass is 32.2. The molecular formula is C6H10N2O2S2. The molecule has 0 atom stereocenters. The third-order valence-electron chi connectivity index (χ3n) is 1.25. The van der Waals surface area contributed by atoms with Gasteiger partial charge in [0.25, 0.3) is 0 Å². The topological polar surface area (TPSA) is 59.1 Å². The summed E-state index contributed by atoms with van der Waals surface area (Å²) in [5.41, 5.74) is 2.43. The van der Waals surface area contributed by atoms with E-state index in [9.17, 15) is 8.42 Å². The Morgan fingerprint density at radius 2 is 2.33 bits per heavy atom. The lowest BCUT2D eigenvalue weighted by Gasteiger charge is -2.00. The fourth-order valence-electron chi connectivity index (χ4n) is 0.773. The van der Waals surface area contributed by atoms with Crippen LogP contribution in [0.2, 0.25) is 0 Å². The predicted molar refractivity (Wildman–Crippen MR) is 50.0 cm³/mol. The van der Waals surface area contributed by atoms with Crippen molar-refractivity contribution < 1.29 is 8.42 Å². The molecule has 0 aromatic carbocycles. The van der Waals surface area contributed by atoms with Crippen LogP contribution in [0.25, 0.3) is 0 Å². The van der Waals surface area contributed by atoms with E-state index < -0.39 is 10.0 Å². The average Bonchev–Trinajstić information content (AvgIpc) is 2.31. The van der Waals surface area contributed by atoms with Gasteiger partial charge in [-0.2, -0.15) is 0 Å². The lowest BCUT2D eigenvalue weighted by molar-refractivity contribution is 0.607. The van der Waals surface area contributed by atoms with Gasteiger partial charge in [0, 0.05) is 0 Å². The molecule has 1 rings (SSSR count). The molecule has 6 heteroatoms. The molecule has 12 heavy (non-hydrogen) atoms. The quantitative estimate of drug-likeness (QED) is 0.805. The van der Waals surface area contributed by atoms with Crippen molar-refractivity contribution in [1.82, 2.24) is 4.98 Å². The van der Waals surface area contributed by atoms with Gasteiger partial charge in [0.1, 0.15) is 5.00 Å². The molecule has 4 nitrogen and oxygen atoms in total. The van der Waals surface area contributed by atoms with Crippen LogP contribution in [0.15, 0.2) is 5.51 Å². The van der Waals surface area contributed by atoms with Crippen molar-refractivity contribution in [2.45, 2.75) is 13.3 Å². The maximum absolute atomic E-state index is 10.8. The number of aryl methyl sites for hydroxylation is 1. The van der Waals surface area contributed by atoms with Crippen molar-refractivity contribution in [3.8, 4) is 0 Å². The molecular weight excluding hydrogens is 196 g/mol. The highest BCUT2D eigenvalue weighted by Gasteiger charge is 2.07. The number of hydrogen-bond donors (Lipinski definition) is 1. The molecule has 68 valence electrons. The zero-order chi connectivity index (χ0) is 9.19. The Kier molecular flexibility index (Phi) is 2.69. The molecule has 0 aliphatic heterocycles. The van der Waals surface area contributed by atoms with E-state index >= 15 is 0 Å². The fraction of sp³-hybridized carbons (Fsp3) is 0.500. The smallest absolute Gasteiger partial charge is 0.230 e. The highest BCUT2D eigenvalue weighted by Crippen LogP contribution is 2.21.